The summed E-state index contributed by atoms with van der Waals surface area (Å²) in [6.07, 6.45) is 1.81. The molecule has 2 heterocycles. The van der Waals surface area contributed by atoms with E-state index in [4.69, 9.17) is 0 Å². The van der Waals surface area contributed by atoms with Crippen molar-refractivity contribution in [1.82, 2.24) is 19.9 Å². The predicted octanol–water partition coefficient (Wildman–Crippen LogP) is 2.09. The molecule has 0 radical (unpaired) electrons. The summed E-state index contributed by atoms with van der Waals surface area (Å²) in [6.45, 7) is 4.91. The van der Waals surface area contributed by atoms with Crippen LogP contribution in [-0.2, 0) is 6.54 Å². The number of rotatable bonds is 4. The molecule has 16 heavy (non-hydrogen) atoms. The summed E-state index contributed by atoms with van der Waals surface area (Å²) < 4.78 is 3.86. The number of hydrogen-bond donors (Lipinski definition) is 1. The number of aromatic nitrogens is 3. The van der Waals surface area contributed by atoms with Gasteiger partial charge in [0.2, 0.25) is 0 Å². The van der Waals surface area contributed by atoms with Crippen LogP contribution < -0.4 is 5.32 Å². The molecular weight excluding hydrogens is 220 g/mol. The highest BCUT2D eigenvalue weighted by atomic mass is 32.1. The molecule has 0 bridgehead atoms. The van der Waals surface area contributed by atoms with Gasteiger partial charge in [0.1, 0.15) is 0 Å². The van der Waals surface area contributed by atoms with Gasteiger partial charge in [0.05, 0.1) is 5.69 Å². The lowest BCUT2D eigenvalue weighted by Gasteiger charge is -2.11. The SMILES string of the molecule is Cc1ncccc1CNC(C)c1csnn1. The van der Waals surface area contributed by atoms with E-state index in [1.54, 1.807) is 0 Å². The number of pyridine rings is 1. The van der Waals surface area contributed by atoms with Gasteiger partial charge >= 0.3 is 0 Å². The predicted molar refractivity (Wildman–Crippen MR) is 64.1 cm³/mol. The zero-order chi connectivity index (χ0) is 11.4. The van der Waals surface area contributed by atoms with Crippen molar-refractivity contribution in [1.29, 1.82) is 0 Å². The third-order valence-electron chi connectivity index (χ3n) is 2.54. The fourth-order valence-corrected chi connectivity index (χ4v) is 1.98. The van der Waals surface area contributed by atoms with Crippen molar-refractivity contribution >= 4 is 11.5 Å². The number of hydrogen-bond acceptors (Lipinski definition) is 5. The molecule has 2 aromatic heterocycles. The number of aryl methyl sites for hydroxylation is 1. The molecule has 0 aliphatic rings. The first-order valence-electron chi connectivity index (χ1n) is 5.18. The third kappa shape index (κ3) is 2.62. The Kier molecular flexibility index (Phi) is 3.58. The summed E-state index contributed by atoms with van der Waals surface area (Å²) in [5.41, 5.74) is 3.28. The van der Waals surface area contributed by atoms with E-state index >= 15 is 0 Å². The van der Waals surface area contributed by atoms with E-state index in [2.05, 4.69) is 32.9 Å². The Bertz CT molecular complexity index is 441. The average Bonchev–Trinajstić information content (AvgIpc) is 2.81. The molecule has 0 aromatic carbocycles. The van der Waals surface area contributed by atoms with Crippen LogP contribution in [0.1, 0.15) is 29.9 Å². The fraction of sp³-hybridized carbons (Fsp3) is 0.364. The van der Waals surface area contributed by atoms with Gasteiger partial charge in [-0.15, -0.1) is 5.10 Å². The average molecular weight is 234 g/mol. The van der Waals surface area contributed by atoms with Gasteiger partial charge in [-0.05, 0) is 37.0 Å². The molecule has 0 aliphatic heterocycles. The maximum absolute atomic E-state index is 4.25. The van der Waals surface area contributed by atoms with Gasteiger partial charge in [0, 0.05) is 29.9 Å². The van der Waals surface area contributed by atoms with E-state index in [1.165, 1.54) is 17.1 Å². The Morgan fingerprint density at radius 3 is 3.06 bits per heavy atom. The first kappa shape index (κ1) is 11.2. The maximum Gasteiger partial charge on any atom is 0.0921 e. The smallest absolute Gasteiger partial charge is 0.0921 e. The van der Waals surface area contributed by atoms with Crippen LogP contribution in [0.4, 0.5) is 0 Å². The van der Waals surface area contributed by atoms with Gasteiger partial charge in [-0.2, -0.15) is 0 Å². The largest absolute Gasteiger partial charge is 0.305 e. The van der Waals surface area contributed by atoms with Crippen molar-refractivity contribution < 1.29 is 0 Å². The van der Waals surface area contributed by atoms with Gasteiger partial charge < -0.3 is 5.32 Å². The molecule has 1 unspecified atom stereocenters. The Morgan fingerprint density at radius 1 is 1.50 bits per heavy atom. The third-order valence-corrected chi connectivity index (χ3v) is 3.06. The zero-order valence-electron chi connectivity index (χ0n) is 9.34. The molecule has 0 saturated carbocycles. The van der Waals surface area contributed by atoms with Gasteiger partial charge in [0.25, 0.3) is 0 Å². The fourth-order valence-electron chi connectivity index (χ4n) is 1.43. The van der Waals surface area contributed by atoms with Crippen LogP contribution >= 0.6 is 11.5 Å². The molecule has 1 atom stereocenters. The molecule has 1 N–H and O–H groups in total. The summed E-state index contributed by atoms with van der Waals surface area (Å²) in [5, 5.41) is 9.41. The summed E-state index contributed by atoms with van der Waals surface area (Å²) in [4.78, 5) is 4.25. The minimum atomic E-state index is 0.221. The van der Waals surface area contributed by atoms with Crippen LogP contribution in [0.3, 0.4) is 0 Å². The summed E-state index contributed by atoms with van der Waals surface area (Å²) in [6, 6.07) is 4.26. The van der Waals surface area contributed by atoms with E-state index in [0.29, 0.717) is 0 Å². The first-order chi connectivity index (χ1) is 7.77. The van der Waals surface area contributed by atoms with Gasteiger partial charge in [-0.3, -0.25) is 4.98 Å². The molecule has 84 valence electrons. The van der Waals surface area contributed by atoms with Crippen molar-refractivity contribution in [2.75, 3.05) is 0 Å². The van der Waals surface area contributed by atoms with Crippen LogP contribution in [-0.4, -0.2) is 14.6 Å². The molecule has 0 amide bonds. The molecule has 0 saturated heterocycles. The topological polar surface area (TPSA) is 50.7 Å². The Balaban J connectivity index is 1.95. The minimum Gasteiger partial charge on any atom is -0.305 e. The van der Waals surface area contributed by atoms with Gasteiger partial charge in [-0.25, -0.2) is 0 Å². The Morgan fingerprint density at radius 2 is 2.38 bits per heavy atom. The van der Waals surface area contributed by atoms with Crippen molar-refractivity contribution in [2.24, 2.45) is 0 Å². The lowest BCUT2D eigenvalue weighted by atomic mass is 10.2. The van der Waals surface area contributed by atoms with E-state index in [9.17, 15) is 0 Å². The Labute approximate surface area is 98.9 Å². The van der Waals surface area contributed by atoms with Crippen LogP contribution in [0.5, 0.6) is 0 Å². The van der Waals surface area contributed by atoms with E-state index < -0.39 is 0 Å². The molecule has 0 aliphatic carbocycles. The molecule has 2 rings (SSSR count). The molecule has 0 fully saturated rings. The second-order valence-electron chi connectivity index (χ2n) is 3.68. The van der Waals surface area contributed by atoms with Gasteiger partial charge in [-0.1, -0.05) is 10.6 Å². The highest BCUT2D eigenvalue weighted by molar-refractivity contribution is 7.03. The maximum atomic E-state index is 4.25. The molecule has 4 nitrogen and oxygen atoms in total. The highest BCUT2D eigenvalue weighted by Crippen LogP contribution is 2.11. The molecular formula is C11H14N4S. The molecule has 2 aromatic rings. The molecule has 0 spiro atoms. The standard InChI is InChI=1S/C11H14N4S/c1-8-10(4-3-5-12-8)6-13-9(2)11-7-16-15-14-11/h3-5,7,9,13H,6H2,1-2H3. The van der Waals surface area contributed by atoms with Crippen molar-refractivity contribution in [3.63, 3.8) is 0 Å². The zero-order valence-corrected chi connectivity index (χ0v) is 10.2. The second kappa shape index (κ2) is 5.14. The van der Waals surface area contributed by atoms with E-state index in [0.717, 1.165) is 17.9 Å². The van der Waals surface area contributed by atoms with E-state index in [-0.39, 0.29) is 6.04 Å². The van der Waals surface area contributed by atoms with Gasteiger partial charge in [0.15, 0.2) is 0 Å². The summed E-state index contributed by atoms with van der Waals surface area (Å²) in [5.74, 6) is 0. The lowest BCUT2D eigenvalue weighted by molar-refractivity contribution is 0.558. The summed E-state index contributed by atoms with van der Waals surface area (Å²) >= 11 is 1.38. The van der Waals surface area contributed by atoms with Crippen LogP contribution in [0, 0.1) is 6.92 Å². The number of nitrogens with one attached hydrogen (secondary N) is 1. The summed E-state index contributed by atoms with van der Waals surface area (Å²) in [7, 11) is 0. The lowest BCUT2D eigenvalue weighted by Crippen LogP contribution is -2.19. The number of nitrogens with zero attached hydrogens (tertiary/aromatic N) is 3. The van der Waals surface area contributed by atoms with Crippen LogP contribution in [0.15, 0.2) is 23.7 Å². The quantitative estimate of drug-likeness (QED) is 0.880. The normalized spacial score (nSPS) is 12.6. The van der Waals surface area contributed by atoms with Crippen LogP contribution in [0.2, 0.25) is 0 Å². The molecule has 5 heteroatoms. The Hall–Kier alpha value is -1.33. The second-order valence-corrected chi connectivity index (χ2v) is 4.29. The first-order valence-corrected chi connectivity index (χ1v) is 6.02. The monoisotopic (exact) mass is 234 g/mol. The van der Waals surface area contributed by atoms with Crippen molar-refractivity contribution in [2.45, 2.75) is 26.4 Å². The highest BCUT2D eigenvalue weighted by Gasteiger charge is 2.08. The van der Waals surface area contributed by atoms with E-state index in [1.807, 2.05) is 24.6 Å². The minimum absolute atomic E-state index is 0.221. The van der Waals surface area contributed by atoms with Crippen molar-refractivity contribution in [3.8, 4) is 0 Å². The van der Waals surface area contributed by atoms with Crippen LogP contribution in [0.25, 0.3) is 0 Å². The van der Waals surface area contributed by atoms with Crippen molar-refractivity contribution in [3.05, 3.63) is 40.7 Å².